The first-order valence-corrected chi connectivity index (χ1v) is 7.05. The second-order valence-corrected chi connectivity index (χ2v) is 5.24. The summed E-state index contributed by atoms with van der Waals surface area (Å²) in [6, 6.07) is -1.52. The van der Waals surface area contributed by atoms with Crippen molar-refractivity contribution in [2.24, 2.45) is 5.92 Å². The van der Waals surface area contributed by atoms with Gasteiger partial charge in [-0.3, -0.25) is 4.79 Å². The Morgan fingerprint density at radius 2 is 2.00 bits per heavy atom. The standard InChI is InChI=1S/C13H22N2O6/c16-7-5-9-4-6-15(8-9)13(21)14-10(12(19)20)2-1-3-11(17)18/h9-10,16H,1-8H2,(H,14,21)(H,17,18)(H,19,20)/t9?,10-/m1/s1. The number of aliphatic hydroxyl groups excluding tert-OH is 1. The SMILES string of the molecule is O=C(O)CCC[C@@H](NC(=O)N1CCC(CCO)C1)C(=O)O. The van der Waals surface area contributed by atoms with E-state index in [2.05, 4.69) is 5.32 Å². The molecule has 21 heavy (non-hydrogen) atoms. The molecule has 2 atom stereocenters. The number of urea groups is 1. The van der Waals surface area contributed by atoms with Crippen LogP contribution in [0.25, 0.3) is 0 Å². The normalized spacial score (nSPS) is 19.3. The quantitative estimate of drug-likeness (QED) is 0.504. The van der Waals surface area contributed by atoms with E-state index in [9.17, 15) is 14.4 Å². The lowest BCUT2D eigenvalue weighted by molar-refractivity contribution is -0.140. The van der Waals surface area contributed by atoms with Gasteiger partial charge in [0, 0.05) is 26.1 Å². The molecule has 8 nitrogen and oxygen atoms in total. The predicted molar refractivity (Wildman–Crippen MR) is 72.8 cm³/mol. The highest BCUT2D eigenvalue weighted by molar-refractivity contribution is 5.82. The van der Waals surface area contributed by atoms with E-state index in [1.54, 1.807) is 0 Å². The highest BCUT2D eigenvalue weighted by Crippen LogP contribution is 2.19. The molecule has 1 unspecified atom stereocenters. The number of likely N-dealkylation sites (tertiary alicyclic amines) is 1. The summed E-state index contributed by atoms with van der Waals surface area (Å²) in [5, 5.41) is 28.9. The highest BCUT2D eigenvalue weighted by atomic mass is 16.4. The molecule has 8 heteroatoms. The molecule has 1 aliphatic rings. The number of carboxylic acids is 2. The van der Waals surface area contributed by atoms with Crippen molar-refractivity contribution < 1.29 is 29.7 Å². The smallest absolute Gasteiger partial charge is 0.326 e. The van der Waals surface area contributed by atoms with Gasteiger partial charge in [0.05, 0.1) is 0 Å². The van der Waals surface area contributed by atoms with Gasteiger partial charge in [-0.15, -0.1) is 0 Å². The first-order chi connectivity index (χ1) is 9.93. The molecule has 0 spiro atoms. The minimum atomic E-state index is -1.17. The third-order valence-corrected chi connectivity index (χ3v) is 3.59. The second kappa shape index (κ2) is 8.46. The summed E-state index contributed by atoms with van der Waals surface area (Å²) in [4.78, 5) is 35.0. The molecule has 120 valence electrons. The molecule has 4 N–H and O–H groups in total. The summed E-state index contributed by atoms with van der Waals surface area (Å²) in [5.74, 6) is -1.91. The molecule has 2 amide bonds. The van der Waals surface area contributed by atoms with Gasteiger partial charge in [0.15, 0.2) is 0 Å². The number of carbonyl (C=O) groups is 3. The maximum absolute atomic E-state index is 12.0. The topological polar surface area (TPSA) is 127 Å². The maximum Gasteiger partial charge on any atom is 0.326 e. The molecule has 1 fully saturated rings. The summed E-state index contributed by atoms with van der Waals surface area (Å²) in [6.07, 6.45) is 1.58. The van der Waals surface area contributed by atoms with Crippen molar-refractivity contribution in [3.05, 3.63) is 0 Å². The molecule has 0 bridgehead atoms. The minimum absolute atomic E-state index is 0.0765. The molecule has 1 heterocycles. The fourth-order valence-electron chi connectivity index (χ4n) is 2.39. The fourth-order valence-corrected chi connectivity index (χ4v) is 2.39. The maximum atomic E-state index is 12.0. The monoisotopic (exact) mass is 302 g/mol. The van der Waals surface area contributed by atoms with Gasteiger partial charge < -0.3 is 25.5 Å². The molecule has 1 rings (SSSR count). The van der Waals surface area contributed by atoms with Crippen LogP contribution in [-0.2, 0) is 9.59 Å². The van der Waals surface area contributed by atoms with Gasteiger partial charge >= 0.3 is 18.0 Å². The van der Waals surface area contributed by atoms with E-state index in [1.165, 1.54) is 4.90 Å². The predicted octanol–water partition coefficient (Wildman–Crippen LogP) is 0.108. The van der Waals surface area contributed by atoms with Crippen LogP contribution >= 0.6 is 0 Å². The van der Waals surface area contributed by atoms with Gasteiger partial charge in [-0.05, 0) is 31.6 Å². The number of carbonyl (C=O) groups excluding carboxylic acids is 1. The molecule has 0 saturated carbocycles. The molecular formula is C13H22N2O6. The molecule has 0 aromatic heterocycles. The van der Waals surface area contributed by atoms with Crippen LogP contribution in [0, 0.1) is 5.92 Å². The Morgan fingerprint density at radius 1 is 1.29 bits per heavy atom. The summed E-state index contributed by atoms with van der Waals surface area (Å²) in [5.41, 5.74) is 0. The van der Waals surface area contributed by atoms with Crippen LogP contribution in [0.2, 0.25) is 0 Å². The average molecular weight is 302 g/mol. The summed E-state index contributed by atoms with van der Waals surface area (Å²) < 4.78 is 0. The molecule has 1 aliphatic heterocycles. The van der Waals surface area contributed by atoms with Crippen LogP contribution in [0.1, 0.15) is 32.1 Å². The Kier molecular flexibility index (Phi) is 6.93. The van der Waals surface area contributed by atoms with E-state index in [1.807, 2.05) is 0 Å². The van der Waals surface area contributed by atoms with E-state index in [0.717, 1.165) is 6.42 Å². The Bertz CT molecular complexity index is 387. The molecule has 0 radical (unpaired) electrons. The molecular weight excluding hydrogens is 280 g/mol. The molecule has 1 saturated heterocycles. The van der Waals surface area contributed by atoms with Crippen molar-refractivity contribution in [3.63, 3.8) is 0 Å². The van der Waals surface area contributed by atoms with Crippen LogP contribution in [0.5, 0.6) is 0 Å². The van der Waals surface area contributed by atoms with Crippen LogP contribution in [-0.4, -0.2) is 63.9 Å². The van der Waals surface area contributed by atoms with Crippen molar-refractivity contribution in [2.75, 3.05) is 19.7 Å². The third-order valence-electron chi connectivity index (χ3n) is 3.59. The summed E-state index contributed by atoms with van der Waals surface area (Å²) >= 11 is 0. The Hall–Kier alpha value is -1.83. The second-order valence-electron chi connectivity index (χ2n) is 5.24. The fraction of sp³-hybridized carbons (Fsp3) is 0.769. The largest absolute Gasteiger partial charge is 0.481 e. The molecule has 0 aromatic rings. The lowest BCUT2D eigenvalue weighted by Gasteiger charge is -2.21. The number of aliphatic hydroxyl groups is 1. The zero-order valence-electron chi connectivity index (χ0n) is 11.8. The van der Waals surface area contributed by atoms with Gasteiger partial charge in [-0.25, -0.2) is 9.59 Å². The van der Waals surface area contributed by atoms with E-state index in [0.29, 0.717) is 19.5 Å². The zero-order chi connectivity index (χ0) is 15.8. The Balaban J connectivity index is 2.42. The zero-order valence-corrected chi connectivity index (χ0v) is 11.8. The van der Waals surface area contributed by atoms with Crippen LogP contribution < -0.4 is 5.32 Å². The average Bonchev–Trinajstić information content (AvgIpc) is 2.86. The number of carboxylic acid groups (broad SMARTS) is 2. The molecule has 0 aliphatic carbocycles. The highest BCUT2D eigenvalue weighted by Gasteiger charge is 2.28. The Morgan fingerprint density at radius 3 is 2.57 bits per heavy atom. The van der Waals surface area contributed by atoms with E-state index in [-0.39, 0.29) is 31.8 Å². The first kappa shape index (κ1) is 17.2. The van der Waals surface area contributed by atoms with Crippen LogP contribution in [0.3, 0.4) is 0 Å². The number of hydrogen-bond acceptors (Lipinski definition) is 4. The van der Waals surface area contributed by atoms with E-state index < -0.39 is 24.0 Å². The van der Waals surface area contributed by atoms with Crippen molar-refractivity contribution >= 4 is 18.0 Å². The van der Waals surface area contributed by atoms with Gasteiger partial charge in [-0.1, -0.05) is 0 Å². The Labute approximate surface area is 122 Å². The van der Waals surface area contributed by atoms with Gasteiger partial charge in [0.25, 0.3) is 0 Å². The van der Waals surface area contributed by atoms with E-state index >= 15 is 0 Å². The third kappa shape index (κ3) is 5.99. The minimum Gasteiger partial charge on any atom is -0.481 e. The van der Waals surface area contributed by atoms with Gasteiger partial charge in [-0.2, -0.15) is 0 Å². The number of amides is 2. The number of hydrogen-bond donors (Lipinski definition) is 4. The summed E-state index contributed by atoms with van der Waals surface area (Å²) in [6.45, 7) is 1.12. The number of nitrogens with one attached hydrogen (secondary N) is 1. The van der Waals surface area contributed by atoms with Gasteiger partial charge in [0.1, 0.15) is 6.04 Å². The lowest BCUT2D eigenvalue weighted by Crippen LogP contribution is -2.47. The van der Waals surface area contributed by atoms with Crippen LogP contribution in [0.4, 0.5) is 4.79 Å². The number of nitrogens with zero attached hydrogens (tertiary/aromatic N) is 1. The van der Waals surface area contributed by atoms with E-state index in [4.69, 9.17) is 15.3 Å². The van der Waals surface area contributed by atoms with Crippen molar-refractivity contribution in [1.29, 1.82) is 0 Å². The molecule has 0 aromatic carbocycles. The van der Waals surface area contributed by atoms with Gasteiger partial charge in [0.2, 0.25) is 0 Å². The van der Waals surface area contributed by atoms with Crippen molar-refractivity contribution in [2.45, 2.75) is 38.1 Å². The first-order valence-electron chi connectivity index (χ1n) is 7.05. The number of rotatable bonds is 8. The number of aliphatic carboxylic acids is 2. The lowest BCUT2D eigenvalue weighted by atomic mass is 10.1. The summed E-state index contributed by atoms with van der Waals surface area (Å²) in [7, 11) is 0. The van der Waals surface area contributed by atoms with Crippen molar-refractivity contribution in [3.8, 4) is 0 Å². The van der Waals surface area contributed by atoms with Crippen molar-refractivity contribution in [1.82, 2.24) is 10.2 Å². The van der Waals surface area contributed by atoms with Crippen LogP contribution in [0.15, 0.2) is 0 Å².